The summed E-state index contributed by atoms with van der Waals surface area (Å²) < 4.78 is 26.7. The van der Waals surface area contributed by atoms with E-state index < -0.39 is 10.0 Å². The molecular weight excluding hydrogens is 258 g/mol. The molecular formula is C10H19N3O2S2. The summed E-state index contributed by atoms with van der Waals surface area (Å²) in [6.45, 7) is 2.27. The van der Waals surface area contributed by atoms with Crippen molar-refractivity contribution < 1.29 is 8.42 Å². The molecule has 1 aromatic heterocycles. The molecule has 0 aliphatic rings. The molecule has 1 heterocycles. The Morgan fingerprint density at radius 1 is 1.59 bits per heavy atom. The molecule has 0 aliphatic carbocycles. The Kier molecular flexibility index (Phi) is 5.51. The van der Waals surface area contributed by atoms with Gasteiger partial charge in [0.05, 0.1) is 4.90 Å². The minimum absolute atomic E-state index is 0.0359. The Morgan fingerprint density at radius 2 is 2.29 bits per heavy atom. The van der Waals surface area contributed by atoms with Crippen molar-refractivity contribution in [2.45, 2.75) is 30.8 Å². The predicted molar refractivity (Wildman–Crippen MR) is 71.5 cm³/mol. The van der Waals surface area contributed by atoms with E-state index in [1.54, 1.807) is 17.8 Å². The van der Waals surface area contributed by atoms with Crippen molar-refractivity contribution >= 4 is 21.8 Å². The lowest BCUT2D eigenvalue weighted by molar-refractivity contribution is 0.558. The Bertz CT molecular complexity index is 442. The maximum absolute atomic E-state index is 12.0. The molecule has 0 aromatic carbocycles. The van der Waals surface area contributed by atoms with Crippen LogP contribution in [0.25, 0.3) is 0 Å². The van der Waals surface area contributed by atoms with Crippen molar-refractivity contribution in [3.05, 3.63) is 18.0 Å². The topological polar surface area (TPSA) is 88.0 Å². The zero-order valence-electron chi connectivity index (χ0n) is 10.1. The first-order valence-electron chi connectivity index (χ1n) is 5.42. The predicted octanol–water partition coefficient (Wildman–Crippen LogP) is 0.893. The molecule has 1 unspecified atom stereocenters. The van der Waals surface area contributed by atoms with Crippen LogP contribution < -0.4 is 10.5 Å². The third-order valence-electron chi connectivity index (χ3n) is 2.43. The molecule has 0 amide bonds. The van der Waals surface area contributed by atoms with Gasteiger partial charge in [0.25, 0.3) is 0 Å². The van der Waals surface area contributed by atoms with Crippen LogP contribution in [0.1, 0.15) is 19.0 Å². The Morgan fingerprint density at radius 3 is 2.76 bits per heavy atom. The van der Waals surface area contributed by atoms with Gasteiger partial charge in [-0.1, -0.05) is 6.92 Å². The second-order valence-electron chi connectivity index (χ2n) is 3.75. The summed E-state index contributed by atoms with van der Waals surface area (Å²) in [5, 5.41) is 0. The lowest BCUT2D eigenvalue weighted by Gasteiger charge is -2.14. The molecule has 7 heteroatoms. The van der Waals surface area contributed by atoms with Gasteiger partial charge in [0, 0.05) is 30.2 Å². The monoisotopic (exact) mass is 277 g/mol. The lowest BCUT2D eigenvalue weighted by atomic mass is 10.3. The molecule has 17 heavy (non-hydrogen) atoms. The number of aromatic amines is 1. The van der Waals surface area contributed by atoms with Crippen LogP contribution in [-0.4, -0.2) is 31.5 Å². The van der Waals surface area contributed by atoms with Gasteiger partial charge in [-0.25, -0.2) is 13.1 Å². The second-order valence-corrected chi connectivity index (χ2v) is 6.37. The minimum atomic E-state index is -3.43. The van der Waals surface area contributed by atoms with Crippen LogP contribution in [0.2, 0.25) is 0 Å². The molecule has 0 bridgehead atoms. The van der Waals surface area contributed by atoms with Gasteiger partial charge in [-0.15, -0.1) is 0 Å². The van der Waals surface area contributed by atoms with E-state index in [-0.39, 0.29) is 10.9 Å². The number of hydrogen-bond donors (Lipinski definition) is 3. The van der Waals surface area contributed by atoms with Gasteiger partial charge < -0.3 is 10.7 Å². The molecule has 4 N–H and O–H groups in total. The first-order chi connectivity index (χ1) is 8.03. The highest BCUT2D eigenvalue weighted by Crippen LogP contribution is 2.12. The molecule has 5 nitrogen and oxygen atoms in total. The molecule has 0 saturated heterocycles. The number of nitrogens with one attached hydrogen (secondary N) is 2. The van der Waals surface area contributed by atoms with Crippen LogP contribution >= 0.6 is 11.8 Å². The first-order valence-corrected chi connectivity index (χ1v) is 8.29. The van der Waals surface area contributed by atoms with Gasteiger partial charge in [-0.3, -0.25) is 0 Å². The third kappa shape index (κ3) is 4.02. The number of nitrogens with two attached hydrogens (primary N) is 1. The van der Waals surface area contributed by atoms with Gasteiger partial charge in [0.2, 0.25) is 10.0 Å². The van der Waals surface area contributed by atoms with Crippen LogP contribution in [-0.2, 0) is 16.6 Å². The Labute approximate surface area is 107 Å². The number of hydrogen-bond acceptors (Lipinski definition) is 4. The van der Waals surface area contributed by atoms with Crippen molar-refractivity contribution in [3.63, 3.8) is 0 Å². The minimum Gasteiger partial charge on any atom is -0.363 e. The summed E-state index contributed by atoms with van der Waals surface area (Å²) in [6, 6.07) is 1.53. The maximum Gasteiger partial charge on any atom is 0.242 e. The average molecular weight is 277 g/mol. The van der Waals surface area contributed by atoms with E-state index in [2.05, 4.69) is 9.71 Å². The van der Waals surface area contributed by atoms with Gasteiger partial charge in [-0.2, -0.15) is 11.8 Å². The SMILES string of the molecule is CCC(CSC)NS(=O)(=O)c1c[nH]c(CN)c1. The standard InChI is InChI=1S/C10H19N3O2S2/c1-3-8(7-16-2)13-17(14,15)10-4-9(5-11)12-6-10/h4,6,8,12-13H,3,5,7,11H2,1-2H3. The van der Waals surface area contributed by atoms with Gasteiger partial charge >= 0.3 is 0 Å². The quantitative estimate of drug-likeness (QED) is 0.691. The normalized spacial score (nSPS) is 13.8. The Hall–Kier alpha value is -0.500. The first kappa shape index (κ1) is 14.6. The van der Waals surface area contributed by atoms with E-state index >= 15 is 0 Å². The summed E-state index contributed by atoms with van der Waals surface area (Å²) >= 11 is 1.63. The van der Waals surface area contributed by atoms with E-state index in [0.717, 1.165) is 12.2 Å². The number of rotatable bonds is 7. The zero-order chi connectivity index (χ0) is 12.9. The van der Waals surface area contributed by atoms with Crippen molar-refractivity contribution in [3.8, 4) is 0 Å². The molecule has 0 radical (unpaired) electrons. The number of thioether (sulfide) groups is 1. The Balaban J connectivity index is 2.80. The third-order valence-corrected chi connectivity index (χ3v) is 4.66. The fourth-order valence-electron chi connectivity index (χ4n) is 1.42. The molecule has 0 aliphatic heterocycles. The van der Waals surface area contributed by atoms with Crippen molar-refractivity contribution in [2.24, 2.45) is 5.73 Å². The summed E-state index contributed by atoms with van der Waals surface area (Å²) in [5.41, 5.74) is 6.14. The molecule has 1 aromatic rings. The van der Waals surface area contributed by atoms with E-state index in [0.29, 0.717) is 12.2 Å². The fraction of sp³-hybridized carbons (Fsp3) is 0.600. The number of aromatic nitrogens is 1. The smallest absolute Gasteiger partial charge is 0.242 e. The molecule has 0 spiro atoms. The summed E-state index contributed by atoms with van der Waals surface area (Å²) in [4.78, 5) is 3.08. The van der Waals surface area contributed by atoms with Crippen molar-refractivity contribution in [1.29, 1.82) is 0 Å². The largest absolute Gasteiger partial charge is 0.363 e. The van der Waals surface area contributed by atoms with E-state index in [9.17, 15) is 8.42 Å². The molecule has 98 valence electrons. The van der Waals surface area contributed by atoms with Crippen LogP contribution in [0.15, 0.2) is 17.2 Å². The number of H-pyrrole nitrogens is 1. The van der Waals surface area contributed by atoms with Gasteiger partial charge in [-0.05, 0) is 18.7 Å². The van der Waals surface area contributed by atoms with E-state index in [4.69, 9.17) is 5.73 Å². The van der Waals surface area contributed by atoms with E-state index in [1.165, 1.54) is 6.20 Å². The highest BCUT2D eigenvalue weighted by molar-refractivity contribution is 7.98. The molecule has 1 atom stereocenters. The zero-order valence-corrected chi connectivity index (χ0v) is 11.7. The van der Waals surface area contributed by atoms with Gasteiger partial charge in [0.15, 0.2) is 0 Å². The van der Waals surface area contributed by atoms with Crippen molar-refractivity contribution in [2.75, 3.05) is 12.0 Å². The summed E-state index contributed by atoms with van der Waals surface area (Å²) in [5.74, 6) is 0.768. The lowest BCUT2D eigenvalue weighted by Crippen LogP contribution is -2.35. The number of sulfonamides is 1. The molecule has 1 rings (SSSR count). The van der Waals surface area contributed by atoms with E-state index in [1.807, 2.05) is 13.2 Å². The van der Waals surface area contributed by atoms with Crippen LogP contribution in [0.4, 0.5) is 0 Å². The van der Waals surface area contributed by atoms with Gasteiger partial charge in [0.1, 0.15) is 0 Å². The maximum atomic E-state index is 12.0. The fourth-order valence-corrected chi connectivity index (χ4v) is 3.58. The summed E-state index contributed by atoms with van der Waals surface area (Å²) in [7, 11) is -3.43. The van der Waals surface area contributed by atoms with Crippen molar-refractivity contribution in [1.82, 2.24) is 9.71 Å². The highest BCUT2D eigenvalue weighted by atomic mass is 32.2. The van der Waals surface area contributed by atoms with Crippen LogP contribution in [0.3, 0.4) is 0 Å². The second kappa shape index (κ2) is 6.44. The van der Waals surface area contributed by atoms with Crippen LogP contribution in [0.5, 0.6) is 0 Å². The average Bonchev–Trinajstić information content (AvgIpc) is 2.77. The van der Waals surface area contributed by atoms with Crippen LogP contribution in [0, 0.1) is 0 Å². The highest BCUT2D eigenvalue weighted by Gasteiger charge is 2.19. The molecule has 0 fully saturated rings. The summed E-state index contributed by atoms with van der Waals surface area (Å²) in [6.07, 6.45) is 4.20. The molecule has 0 saturated carbocycles.